The van der Waals surface area contributed by atoms with Gasteiger partial charge in [-0.2, -0.15) is 4.98 Å². The van der Waals surface area contributed by atoms with E-state index in [1.165, 1.54) is 7.11 Å². The highest BCUT2D eigenvalue weighted by Crippen LogP contribution is 2.22. The number of methoxy groups -OCH3 is 1. The van der Waals surface area contributed by atoms with Gasteiger partial charge in [-0.1, -0.05) is 12.1 Å². The monoisotopic (exact) mass is 282 g/mol. The summed E-state index contributed by atoms with van der Waals surface area (Å²) in [6.07, 6.45) is 1.91. The average molecular weight is 282 g/mol. The fraction of sp³-hybridized carbons (Fsp3) is 0.417. The molecule has 0 fully saturated rings. The quantitative estimate of drug-likeness (QED) is 0.753. The van der Waals surface area contributed by atoms with Crippen LogP contribution in [0.2, 0.25) is 0 Å². The fourth-order valence-corrected chi connectivity index (χ4v) is 2.21. The van der Waals surface area contributed by atoms with E-state index in [9.17, 15) is 4.79 Å². The van der Waals surface area contributed by atoms with Crippen molar-refractivity contribution in [3.63, 3.8) is 0 Å². The molecule has 0 amide bonds. The highest BCUT2D eigenvalue weighted by atomic mass is 32.2. The minimum atomic E-state index is -0.218. The summed E-state index contributed by atoms with van der Waals surface area (Å²) in [6.45, 7) is 1.95. The molecule has 0 spiro atoms. The Kier molecular flexibility index (Phi) is 4.62. The van der Waals surface area contributed by atoms with E-state index >= 15 is 0 Å². The first-order valence-corrected chi connectivity index (χ1v) is 6.79. The molecular weight excluding hydrogens is 268 g/mol. The topological polar surface area (TPSA) is 78.4 Å². The fourth-order valence-electron chi connectivity index (χ4n) is 1.41. The van der Waals surface area contributed by atoms with Crippen LogP contribution in [-0.2, 0) is 15.3 Å². The number of rotatable bonds is 6. The molecule has 7 heteroatoms. The molecule has 6 nitrogen and oxygen atoms in total. The van der Waals surface area contributed by atoms with E-state index in [-0.39, 0.29) is 11.2 Å². The molecule has 102 valence electrons. The molecule has 0 bridgehead atoms. The third kappa shape index (κ3) is 3.85. The number of esters is 1. The number of furan rings is 1. The molecule has 0 aliphatic rings. The lowest BCUT2D eigenvalue weighted by atomic mass is 10.3. The van der Waals surface area contributed by atoms with Gasteiger partial charge in [0.2, 0.25) is 0 Å². The Balaban J connectivity index is 1.85. The van der Waals surface area contributed by atoms with Crippen molar-refractivity contribution < 1.29 is 18.5 Å². The summed E-state index contributed by atoms with van der Waals surface area (Å²) in [5, 5.41) is 4.00. The molecule has 0 radical (unpaired) electrons. The van der Waals surface area contributed by atoms with Crippen LogP contribution in [0.3, 0.4) is 0 Å². The number of nitrogens with zero attached hydrogens (tertiary/aromatic N) is 2. The van der Waals surface area contributed by atoms with Crippen molar-refractivity contribution >= 4 is 17.7 Å². The van der Waals surface area contributed by atoms with Crippen LogP contribution in [0.5, 0.6) is 0 Å². The van der Waals surface area contributed by atoms with Gasteiger partial charge in [0.05, 0.1) is 25.5 Å². The van der Waals surface area contributed by atoms with Crippen LogP contribution in [0.15, 0.2) is 27.3 Å². The largest absolute Gasteiger partial charge is 0.469 e. The van der Waals surface area contributed by atoms with Gasteiger partial charge in [0.25, 0.3) is 5.89 Å². The van der Waals surface area contributed by atoms with Crippen LogP contribution in [0.1, 0.15) is 19.2 Å². The van der Waals surface area contributed by atoms with Crippen molar-refractivity contribution in [1.82, 2.24) is 10.1 Å². The molecule has 0 aliphatic heterocycles. The smallest absolute Gasteiger partial charge is 0.306 e. The molecule has 2 heterocycles. The summed E-state index contributed by atoms with van der Waals surface area (Å²) in [6, 6.07) is 3.51. The molecule has 0 N–H and O–H groups in total. The molecule has 1 unspecified atom stereocenters. The third-order valence-electron chi connectivity index (χ3n) is 2.38. The summed E-state index contributed by atoms with van der Waals surface area (Å²) >= 11 is 1.57. The van der Waals surface area contributed by atoms with Crippen LogP contribution in [0.4, 0.5) is 0 Å². The first kappa shape index (κ1) is 13.7. The first-order chi connectivity index (χ1) is 9.19. The lowest BCUT2D eigenvalue weighted by Crippen LogP contribution is -2.08. The van der Waals surface area contributed by atoms with Crippen LogP contribution in [0.25, 0.3) is 11.7 Å². The molecular formula is C12H14N2O4S. The number of thioether (sulfide) groups is 1. The van der Waals surface area contributed by atoms with Gasteiger partial charge in [-0.25, -0.2) is 0 Å². The molecule has 2 aromatic rings. The van der Waals surface area contributed by atoms with Gasteiger partial charge in [0.1, 0.15) is 0 Å². The molecule has 2 aromatic heterocycles. The maximum atomic E-state index is 11.1. The maximum Gasteiger partial charge on any atom is 0.306 e. The minimum Gasteiger partial charge on any atom is -0.469 e. The number of aromatic nitrogens is 2. The van der Waals surface area contributed by atoms with E-state index in [0.717, 1.165) is 0 Å². The number of carbonyl (C=O) groups is 1. The van der Waals surface area contributed by atoms with Gasteiger partial charge in [-0.3, -0.25) is 4.79 Å². The van der Waals surface area contributed by atoms with Crippen molar-refractivity contribution in [2.75, 3.05) is 7.11 Å². The summed E-state index contributed by atoms with van der Waals surface area (Å²) in [5.74, 6) is 1.84. The van der Waals surface area contributed by atoms with Gasteiger partial charge in [-0.15, -0.1) is 11.8 Å². The van der Waals surface area contributed by atoms with E-state index in [0.29, 0.717) is 29.6 Å². The van der Waals surface area contributed by atoms with E-state index in [2.05, 4.69) is 14.9 Å². The van der Waals surface area contributed by atoms with E-state index in [1.807, 2.05) is 6.92 Å². The van der Waals surface area contributed by atoms with Crippen molar-refractivity contribution in [2.24, 2.45) is 0 Å². The molecule has 0 aromatic carbocycles. The Morgan fingerprint density at radius 1 is 1.58 bits per heavy atom. The predicted molar refractivity (Wildman–Crippen MR) is 69.4 cm³/mol. The van der Waals surface area contributed by atoms with Crippen molar-refractivity contribution in [3.05, 3.63) is 24.2 Å². The Hall–Kier alpha value is -1.76. The van der Waals surface area contributed by atoms with Gasteiger partial charge in [0.15, 0.2) is 11.6 Å². The Morgan fingerprint density at radius 3 is 3.11 bits per heavy atom. The second-order valence-corrected chi connectivity index (χ2v) is 5.32. The summed E-state index contributed by atoms with van der Waals surface area (Å²) in [7, 11) is 1.38. The zero-order valence-corrected chi connectivity index (χ0v) is 11.5. The minimum absolute atomic E-state index is 0.137. The normalized spacial score (nSPS) is 12.3. The van der Waals surface area contributed by atoms with Crippen LogP contribution >= 0.6 is 11.8 Å². The highest BCUT2D eigenvalue weighted by molar-refractivity contribution is 7.99. The second-order valence-electron chi connectivity index (χ2n) is 3.89. The van der Waals surface area contributed by atoms with Gasteiger partial charge in [-0.05, 0) is 12.1 Å². The average Bonchev–Trinajstić information content (AvgIpc) is 3.06. The summed E-state index contributed by atoms with van der Waals surface area (Å²) in [5.41, 5.74) is 0. The first-order valence-electron chi connectivity index (χ1n) is 5.74. The lowest BCUT2D eigenvalue weighted by Gasteiger charge is -2.07. The Bertz CT molecular complexity index is 524. The van der Waals surface area contributed by atoms with Crippen molar-refractivity contribution in [2.45, 2.75) is 24.3 Å². The number of hydrogen-bond acceptors (Lipinski definition) is 7. The Labute approximate surface area is 114 Å². The summed E-state index contributed by atoms with van der Waals surface area (Å²) in [4.78, 5) is 15.3. The van der Waals surface area contributed by atoms with Crippen LogP contribution in [-0.4, -0.2) is 28.5 Å². The van der Waals surface area contributed by atoms with Crippen LogP contribution < -0.4 is 0 Å². The zero-order valence-electron chi connectivity index (χ0n) is 10.7. The van der Waals surface area contributed by atoms with Gasteiger partial charge in [0, 0.05) is 5.25 Å². The molecule has 0 saturated carbocycles. The molecule has 1 atom stereocenters. The van der Waals surface area contributed by atoms with Crippen molar-refractivity contribution in [3.8, 4) is 11.7 Å². The summed E-state index contributed by atoms with van der Waals surface area (Å²) < 4.78 is 14.9. The van der Waals surface area contributed by atoms with Crippen molar-refractivity contribution in [1.29, 1.82) is 0 Å². The predicted octanol–water partition coefficient (Wildman–Crippen LogP) is 2.51. The number of carbonyl (C=O) groups excluding carboxylic acids is 1. The number of hydrogen-bond donors (Lipinski definition) is 0. The number of ether oxygens (including phenoxy) is 1. The second kappa shape index (κ2) is 6.42. The van der Waals surface area contributed by atoms with Crippen LogP contribution in [0, 0.1) is 0 Å². The van der Waals surface area contributed by atoms with E-state index < -0.39 is 0 Å². The van der Waals surface area contributed by atoms with E-state index in [4.69, 9.17) is 8.94 Å². The molecule has 0 saturated heterocycles. The lowest BCUT2D eigenvalue weighted by molar-refractivity contribution is -0.140. The third-order valence-corrected chi connectivity index (χ3v) is 3.54. The zero-order chi connectivity index (χ0) is 13.7. The highest BCUT2D eigenvalue weighted by Gasteiger charge is 2.14. The molecule has 2 rings (SSSR count). The maximum absolute atomic E-state index is 11.1. The van der Waals surface area contributed by atoms with Gasteiger partial charge >= 0.3 is 5.97 Å². The standard InChI is InChI=1S/C12H14N2O4S/c1-8(6-11(15)16-2)19-7-10-13-12(18-14-10)9-4-3-5-17-9/h3-5,8H,6-7H2,1-2H3. The van der Waals surface area contributed by atoms with Gasteiger partial charge < -0.3 is 13.7 Å². The SMILES string of the molecule is COC(=O)CC(C)SCc1noc(-c2ccco2)n1. The molecule has 0 aliphatic carbocycles. The Morgan fingerprint density at radius 2 is 2.42 bits per heavy atom. The molecule has 19 heavy (non-hydrogen) atoms. The van der Waals surface area contributed by atoms with E-state index in [1.54, 1.807) is 30.2 Å².